The molecule has 15 heavy (non-hydrogen) atoms. The standard InChI is InChI=1S/C11H19NO3/c12-9-6-10(13)15-11(9)14-7-8-4-2-1-3-5-8/h8-9,11H,1-7,12H2. The van der Waals surface area contributed by atoms with Crippen LogP contribution in [0.25, 0.3) is 0 Å². The van der Waals surface area contributed by atoms with E-state index in [2.05, 4.69) is 0 Å². The minimum Gasteiger partial charge on any atom is -0.434 e. The average Bonchev–Trinajstić information content (AvgIpc) is 2.56. The predicted octanol–water partition coefficient (Wildman–Crippen LogP) is 1.18. The average molecular weight is 213 g/mol. The maximum Gasteiger partial charge on any atom is 0.309 e. The summed E-state index contributed by atoms with van der Waals surface area (Å²) in [6.45, 7) is 0.686. The van der Waals surface area contributed by atoms with E-state index in [0.29, 0.717) is 12.5 Å². The van der Waals surface area contributed by atoms with Gasteiger partial charge in [0.05, 0.1) is 19.1 Å². The molecule has 2 atom stereocenters. The van der Waals surface area contributed by atoms with Crippen molar-refractivity contribution >= 4 is 5.97 Å². The third kappa shape index (κ3) is 2.92. The molecule has 4 heteroatoms. The van der Waals surface area contributed by atoms with Gasteiger partial charge in [0.15, 0.2) is 0 Å². The second-order valence-electron chi connectivity index (χ2n) is 4.56. The van der Waals surface area contributed by atoms with E-state index in [9.17, 15) is 4.79 Å². The first-order valence-corrected chi connectivity index (χ1v) is 5.82. The number of carbonyl (C=O) groups is 1. The molecule has 1 heterocycles. The van der Waals surface area contributed by atoms with Crippen LogP contribution in [0.15, 0.2) is 0 Å². The lowest BCUT2D eigenvalue weighted by atomic mass is 9.90. The minimum atomic E-state index is -0.501. The van der Waals surface area contributed by atoms with Crippen LogP contribution in [-0.4, -0.2) is 24.9 Å². The van der Waals surface area contributed by atoms with E-state index >= 15 is 0 Å². The Morgan fingerprint density at radius 1 is 1.33 bits per heavy atom. The molecular weight excluding hydrogens is 194 g/mol. The Kier molecular flexibility index (Phi) is 3.59. The fourth-order valence-corrected chi connectivity index (χ4v) is 2.30. The molecule has 0 amide bonds. The monoisotopic (exact) mass is 213 g/mol. The lowest BCUT2D eigenvalue weighted by molar-refractivity contribution is -0.166. The Morgan fingerprint density at radius 2 is 2.07 bits per heavy atom. The van der Waals surface area contributed by atoms with Gasteiger partial charge in [-0.2, -0.15) is 0 Å². The molecule has 0 aromatic rings. The lowest BCUT2D eigenvalue weighted by Gasteiger charge is -2.23. The lowest BCUT2D eigenvalue weighted by Crippen LogP contribution is -2.33. The highest BCUT2D eigenvalue weighted by Gasteiger charge is 2.33. The van der Waals surface area contributed by atoms with E-state index in [1.165, 1.54) is 32.1 Å². The maximum absolute atomic E-state index is 10.9. The summed E-state index contributed by atoms with van der Waals surface area (Å²) in [6.07, 6.45) is 6.18. The van der Waals surface area contributed by atoms with Gasteiger partial charge in [-0.15, -0.1) is 0 Å². The second kappa shape index (κ2) is 4.94. The third-order valence-electron chi connectivity index (χ3n) is 3.22. The fraction of sp³-hybridized carbons (Fsp3) is 0.909. The first-order valence-electron chi connectivity index (χ1n) is 5.82. The molecule has 0 bridgehead atoms. The van der Waals surface area contributed by atoms with Gasteiger partial charge in [-0.1, -0.05) is 19.3 Å². The number of cyclic esters (lactones) is 1. The van der Waals surface area contributed by atoms with Crippen molar-refractivity contribution in [2.45, 2.75) is 50.9 Å². The van der Waals surface area contributed by atoms with Crippen molar-refractivity contribution in [2.75, 3.05) is 6.61 Å². The zero-order valence-corrected chi connectivity index (χ0v) is 8.98. The highest BCUT2D eigenvalue weighted by atomic mass is 16.7. The van der Waals surface area contributed by atoms with Crippen LogP contribution in [-0.2, 0) is 14.3 Å². The number of ether oxygens (including phenoxy) is 2. The van der Waals surface area contributed by atoms with Crippen molar-refractivity contribution in [1.82, 2.24) is 0 Å². The van der Waals surface area contributed by atoms with E-state index in [4.69, 9.17) is 15.2 Å². The summed E-state index contributed by atoms with van der Waals surface area (Å²) in [4.78, 5) is 10.9. The number of rotatable bonds is 3. The highest BCUT2D eigenvalue weighted by Crippen LogP contribution is 2.25. The van der Waals surface area contributed by atoms with Gasteiger partial charge in [-0.05, 0) is 18.8 Å². The van der Waals surface area contributed by atoms with Crippen LogP contribution in [0, 0.1) is 5.92 Å². The topological polar surface area (TPSA) is 61.6 Å². The predicted molar refractivity (Wildman–Crippen MR) is 55.0 cm³/mol. The number of hydrogen-bond donors (Lipinski definition) is 1. The van der Waals surface area contributed by atoms with Crippen LogP contribution < -0.4 is 5.73 Å². The normalized spacial score (nSPS) is 33.0. The van der Waals surface area contributed by atoms with Gasteiger partial charge in [0.1, 0.15) is 0 Å². The van der Waals surface area contributed by atoms with Crippen LogP contribution in [0.5, 0.6) is 0 Å². The van der Waals surface area contributed by atoms with Crippen molar-refractivity contribution < 1.29 is 14.3 Å². The summed E-state index contributed by atoms with van der Waals surface area (Å²) in [6, 6.07) is -0.277. The Balaban J connectivity index is 1.70. The molecular formula is C11H19NO3. The first kappa shape index (κ1) is 10.9. The van der Waals surface area contributed by atoms with E-state index in [0.717, 1.165) is 0 Å². The SMILES string of the molecule is NC1CC(=O)OC1OCC1CCCCC1. The van der Waals surface area contributed by atoms with E-state index in [1.807, 2.05) is 0 Å². The van der Waals surface area contributed by atoms with Crippen LogP contribution >= 0.6 is 0 Å². The largest absolute Gasteiger partial charge is 0.434 e. The van der Waals surface area contributed by atoms with Crippen molar-refractivity contribution in [3.05, 3.63) is 0 Å². The maximum atomic E-state index is 10.9. The van der Waals surface area contributed by atoms with Gasteiger partial charge in [0.25, 0.3) is 0 Å². The second-order valence-corrected chi connectivity index (χ2v) is 4.56. The Labute approximate surface area is 90.1 Å². The van der Waals surface area contributed by atoms with Crippen LogP contribution in [0.4, 0.5) is 0 Å². The molecule has 2 unspecified atom stereocenters. The van der Waals surface area contributed by atoms with Crippen molar-refractivity contribution in [3.8, 4) is 0 Å². The van der Waals surface area contributed by atoms with Crippen molar-refractivity contribution in [1.29, 1.82) is 0 Å². The van der Waals surface area contributed by atoms with Crippen molar-refractivity contribution in [2.24, 2.45) is 11.7 Å². The molecule has 0 aromatic carbocycles. The molecule has 0 aromatic heterocycles. The quantitative estimate of drug-likeness (QED) is 0.715. The van der Waals surface area contributed by atoms with Crippen LogP contribution in [0.2, 0.25) is 0 Å². The van der Waals surface area contributed by atoms with Crippen molar-refractivity contribution in [3.63, 3.8) is 0 Å². The highest BCUT2D eigenvalue weighted by molar-refractivity contribution is 5.72. The smallest absolute Gasteiger partial charge is 0.309 e. The van der Waals surface area contributed by atoms with E-state index in [-0.39, 0.29) is 18.4 Å². The molecule has 2 aliphatic rings. The van der Waals surface area contributed by atoms with Gasteiger partial charge >= 0.3 is 5.97 Å². The number of hydrogen-bond acceptors (Lipinski definition) is 4. The molecule has 1 saturated heterocycles. The van der Waals surface area contributed by atoms with Gasteiger partial charge in [0.2, 0.25) is 6.29 Å². The first-order chi connectivity index (χ1) is 7.25. The number of esters is 1. The molecule has 1 aliphatic carbocycles. The molecule has 0 radical (unpaired) electrons. The van der Waals surface area contributed by atoms with Crippen LogP contribution in [0.1, 0.15) is 38.5 Å². The summed E-state index contributed by atoms with van der Waals surface area (Å²) in [5, 5.41) is 0. The van der Waals surface area contributed by atoms with Gasteiger partial charge in [-0.25, -0.2) is 0 Å². The Hall–Kier alpha value is -0.610. The molecule has 2 fully saturated rings. The molecule has 86 valence electrons. The zero-order chi connectivity index (χ0) is 10.7. The van der Waals surface area contributed by atoms with Gasteiger partial charge in [0, 0.05) is 0 Å². The molecule has 1 aliphatic heterocycles. The fourth-order valence-electron chi connectivity index (χ4n) is 2.30. The molecule has 2 rings (SSSR count). The molecule has 2 N–H and O–H groups in total. The summed E-state index contributed by atoms with van der Waals surface area (Å²) >= 11 is 0. The zero-order valence-electron chi connectivity index (χ0n) is 8.98. The summed E-state index contributed by atoms with van der Waals surface area (Å²) in [7, 11) is 0. The van der Waals surface area contributed by atoms with Gasteiger partial charge in [-0.3, -0.25) is 4.79 Å². The third-order valence-corrected chi connectivity index (χ3v) is 3.22. The summed E-state index contributed by atoms with van der Waals surface area (Å²) < 4.78 is 10.5. The van der Waals surface area contributed by atoms with E-state index < -0.39 is 6.29 Å². The van der Waals surface area contributed by atoms with Gasteiger partial charge < -0.3 is 15.2 Å². The Morgan fingerprint density at radius 3 is 2.67 bits per heavy atom. The summed E-state index contributed by atoms with van der Waals surface area (Å²) in [5.41, 5.74) is 5.71. The molecule has 0 spiro atoms. The number of nitrogens with two attached hydrogens (primary N) is 1. The Bertz CT molecular complexity index is 226. The van der Waals surface area contributed by atoms with E-state index in [1.54, 1.807) is 0 Å². The molecule has 4 nitrogen and oxygen atoms in total. The minimum absolute atomic E-state index is 0.240. The summed E-state index contributed by atoms with van der Waals surface area (Å²) in [5.74, 6) is 0.390. The molecule has 1 saturated carbocycles. The number of carbonyl (C=O) groups excluding carboxylic acids is 1. The van der Waals surface area contributed by atoms with Crippen LogP contribution in [0.3, 0.4) is 0 Å².